The van der Waals surface area contributed by atoms with Gasteiger partial charge in [-0.3, -0.25) is 4.98 Å². The molecule has 9 heteroatoms. The molecule has 0 aliphatic rings. The lowest BCUT2D eigenvalue weighted by Crippen LogP contribution is -2.15. The third-order valence-corrected chi connectivity index (χ3v) is 4.24. The number of rotatable bonds is 4. The Bertz CT molecular complexity index is 947. The highest BCUT2D eigenvalue weighted by molar-refractivity contribution is 7.14. The molecule has 0 atom stereocenters. The molecule has 2 N–H and O–H groups in total. The quantitative estimate of drug-likeness (QED) is 0.762. The molecule has 1 amide bonds. The number of aromatic nitrogens is 3. The number of pyridine rings is 1. The van der Waals surface area contributed by atoms with Crippen molar-refractivity contribution >= 4 is 29.6 Å². The lowest BCUT2D eigenvalue weighted by Gasteiger charge is -1.97. The number of nitrogens with two attached hydrogens (primary N) is 1. The topological polar surface area (TPSA) is 104 Å². The minimum Gasteiger partial charge on any atom is -0.397 e. The van der Waals surface area contributed by atoms with Crippen LogP contribution in [0.3, 0.4) is 0 Å². The van der Waals surface area contributed by atoms with E-state index in [9.17, 15) is 9.18 Å². The van der Waals surface area contributed by atoms with Gasteiger partial charge in [-0.05, 0) is 38.1 Å². The summed E-state index contributed by atoms with van der Waals surface area (Å²) in [5, 5.41) is 4.94. The van der Waals surface area contributed by atoms with Crippen LogP contribution in [0.1, 0.15) is 22.0 Å². The first kappa shape index (κ1) is 16.8. The molecule has 0 aliphatic heterocycles. The summed E-state index contributed by atoms with van der Waals surface area (Å²) in [7, 11) is 0. The molecule has 3 aromatic rings. The van der Waals surface area contributed by atoms with Gasteiger partial charge in [0.25, 0.3) is 0 Å². The van der Waals surface area contributed by atoms with Gasteiger partial charge >= 0.3 is 6.09 Å². The molecule has 128 valence electrons. The van der Waals surface area contributed by atoms with E-state index in [1.165, 1.54) is 23.5 Å². The molecule has 3 heterocycles. The van der Waals surface area contributed by atoms with Gasteiger partial charge in [0.15, 0.2) is 0 Å². The van der Waals surface area contributed by atoms with E-state index >= 15 is 0 Å². The monoisotopic (exact) mass is 360 g/mol. The summed E-state index contributed by atoms with van der Waals surface area (Å²) in [6, 6.07) is 2.83. The molecule has 0 aliphatic carbocycles. The maximum absolute atomic E-state index is 13.0. The second kappa shape index (κ2) is 6.81. The highest BCUT2D eigenvalue weighted by Gasteiger charge is 2.14. The van der Waals surface area contributed by atoms with Crippen LogP contribution in [-0.4, -0.2) is 21.2 Å². The molecule has 25 heavy (non-hydrogen) atoms. The molecule has 0 saturated carbocycles. The lowest BCUT2D eigenvalue weighted by atomic mass is 10.1. The van der Waals surface area contributed by atoms with Crippen molar-refractivity contribution < 1.29 is 18.4 Å². The molecule has 0 aromatic carbocycles. The first-order valence-electron chi connectivity index (χ1n) is 7.15. The molecule has 0 fully saturated rings. The Morgan fingerprint density at radius 1 is 1.36 bits per heavy atom. The van der Waals surface area contributed by atoms with E-state index in [1.807, 2.05) is 0 Å². The molecule has 0 saturated heterocycles. The largest absolute Gasteiger partial charge is 0.410 e. The maximum atomic E-state index is 13.0. The van der Waals surface area contributed by atoms with Gasteiger partial charge < -0.3 is 15.0 Å². The van der Waals surface area contributed by atoms with Gasteiger partial charge in [0, 0.05) is 5.56 Å². The number of aryl methyl sites for hydroxylation is 2. The summed E-state index contributed by atoms with van der Waals surface area (Å²) in [6.07, 6.45) is 3.72. The summed E-state index contributed by atoms with van der Waals surface area (Å²) in [5.74, 6) is 0.153. The number of nitrogens with zero attached hydrogens (tertiary/aromatic N) is 3. The van der Waals surface area contributed by atoms with Crippen LogP contribution in [0.25, 0.3) is 23.5 Å². The van der Waals surface area contributed by atoms with Crippen molar-refractivity contribution in [1.82, 2.24) is 15.1 Å². The van der Waals surface area contributed by atoms with Gasteiger partial charge in [0.2, 0.25) is 5.06 Å². The molecular weight excluding hydrogens is 347 g/mol. The first-order chi connectivity index (χ1) is 11.9. The van der Waals surface area contributed by atoms with Crippen molar-refractivity contribution in [1.29, 1.82) is 0 Å². The average Bonchev–Trinajstić information content (AvgIpc) is 3.09. The number of amides is 1. The zero-order chi connectivity index (χ0) is 18.0. The number of hydrogen-bond donors (Lipinski definition) is 1. The van der Waals surface area contributed by atoms with Crippen molar-refractivity contribution in [2.24, 2.45) is 5.73 Å². The molecule has 0 unspecified atom stereocenters. The number of ether oxygens (including phenoxy) is 1. The number of carbonyl (C=O) groups is 1. The fourth-order valence-electron chi connectivity index (χ4n) is 2.09. The predicted octanol–water partition coefficient (Wildman–Crippen LogP) is 3.58. The number of thiazole rings is 1. The van der Waals surface area contributed by atoms with Crippen LogP contribution in [0.15, 0.2) is 22.9 Å². The fourth-order valence-corrected chi connectivity index (χ4v) is 2.92. The standard InChI is InChI=1S/C16H13FN4O3S/c1-8-15(23-16(18)22)25-13(20-8)6-4-11-9(2)24-21-14(11)12-5-3-10(17)7-19-12/h3-7H,1-2H3,(H2,18,22)/b6-4+. The number of carbonyl (C=O) groups excluding carboxylic acids is 1. The van der Waals surface area contributed by atoms with E-state index < -0.39 is 11.9 Å². The first-order valence-corrected chi connectivity index (χ1v) is 7.96. The Morgan fingerprint density at radius 2 is 2.16 bits per heavy atom. The normalized spacial score (nSPS) is 11.2. The second-order valence-corrected chi connectivity index (χ2v) is 6.04. The van der Waals surface area contributed by atoms with E-state index in [0.717, 1.165) is 6.20 Å². The van der Waals surface area contributed by atoms with E-state index in [0.29, 0.717) is 38.5 Å². The van der Waals surface area contributed by atoms with Gasteiger partial charge in [0.1, 0.15) is 22.3 Å². The van der Waals surface area contributed by atoms with Gasteiger partial charge in [0.05, 0.1) is 17.6 Å². The van der Waals surface area contributed by atoms with Crippen molar-refractivity contribution in [3.05, 3.63) is 46.2 Å². The van der Waals surface area contributed by atoms with E-state index in [-0.39, 0.29) is 0 Å². The van der Waals surface area contributed by atoms with Crippen LogP contribution in [0.4, 0.5) is 9.18 Å². The SMILES string of the molecule is Cc1nc(/C=C/c2c(-c3ccc(F)cn3)noc2C)sc1OC(N)=O. The van der Waals surface area contributed by atoms with E-state index in [2.05, 4.69) is 15.1 Å². The summed E-state index contributed by atoms with van der Waals surface area (Å²) < 4.78 is 23.1. The van der Waals surface area contributed by atoms with E-state index in [1.54, 1.807) is 26.0 Å². The van der Waals surface area contributed by atoms with Crippen LogP contribution in [-0.2, 0) is 0 Å². The van der Waals surface area contributed by atoms with Crippen LogP contribution < -0.4 is 10.5 Å². The van der Waals surface area contributed by atoms with Crippen LogP contribution in [0, 0.1) is 19.7 Å². The average molecular weight is 360 g/mol. The molecule has 7 nitrogen and oxygen atoms in total. The zero-order valence-corrected chi connectivity index (χ0v) is 14.1. The van der Waals surface area contributed by atoms with Gasteiger partial charge in [-0.1, -0.05) is 16.5 Å². The van der Waals surface area contributed by atoms with Gasteiger partial charge in [-0.25, -0.2) is 14.2 Å². The van der Waals surface area contributed by atoms with Crippen molar-refractivity contribution in [2.75, 3.05) is 0 Å². The van der Waals surface area contributed by atoms with E-state index in [4.69, 9.17) is 15.0 Å². The summed E-state index contributed by atoms with van der Waals surface area (Å²) in [4.78, 5) is 19.2. The second-order valence-electron chi connectivity index (χ2n) is 5.04. The Kier molecular flexibility index (Phi) is 4.57. The predicted molar refractivity (Wildman–Crippen MR) is 90.4 cm³/mol. The molecule has 3 rings (SSSR count). The van der Waals surface area contributed by atoms with Crippen molar-refractivity contribution in [2.45, 2.75) is 13.8 Å². The summed E-state index contributed by atoms with van der Waals surface area (Å²) in [6.45, 7) is 3.47. The Balaban J connectivity index is 1.91. The highest BCUT2D eigenvalue weighted by Crippen LogP contribution is 2.30. The number of primary amides is 1. The Labute approximate surface area is 146 Å². The lowest BCUT2D eigenvalue weighted by molar-refractivity contribution is 0.212. The molecule has 0 radical (unpaired) electrons. The maximum Gasteiger partial charge on any atom is 0.410 e. The van der Waals surface area contributed by atoms with Crippen molar-refractivity contribution in [3.63, 3.8) is 0 Å². The molecule has 0 bridgehead atoms. The van der Waals surface area contributed by atoms with Gasteiger partial charge in [-0.15, -0.1) is 0 Å². The molecule has 3 aromatic heterocycles. The highest BCUT2D eigenvalue weighted by atomic mass is 32.1. The molecular formula is C16H13FN4O3S. The zero-order valence-electron chi connectivity index (χ0n) is 13.3. The van der Waals surface area contributed by atoms with Crippen LogP contribution in [0.5, 0.6) is 5.06 Å². The third-order valence-electron chi connectivity index (χ3n) is 3.23. The number of halogens is 1. The smallest absolute Gasteiger partial charge is 0.397 e. The third kappa shape index (κ3) is 3.72. The summed E-state index contributed by atoms with van der Waals surface area (Å²) in [5.41, 5.74) is 7.26. The van der Waals surface area contributed by atoms with Crippen LogP contribution >= 0.6 is 11.3 Å². The minimum atomic E-state index is -0.887. The Morgan fingerprint density at radius 3 is 2.84 bits per heavy atom. The minimum absolute atomic E-state index is 0.342. The van der Waals surface area contributed by atoms with Crippen molar-refractivity contribution in [3.8, 4) is 16.5 Å². The fraction of sp³-hybridized carbons (Fsp3) is 0.125. The Hall–Kier alpha value is -3.07. The van der Waals surface area contributed by atoms with Crippen LogP contribution in [0.2, 0.25) is 0 Å². The molecule has 0 spiro atoms. The van der Waals surface area contributed by atoms with Gasteiger partial charge in [-0.2, -0.15) is 0 Å². The number of hydrogen-bond acceptors (Lipinski definition) is 7. The summed E-state index contributed by atoms with van der Waals surface area (Å²) >= 11 is 1.18.